The van der Waals surface area contributed by atoms with Gasteiger partial charge in [0.25, 0.3) is 0 Å². The Balaban J connectivity index is 2.34. The third kappa shape index (κ3) is 2.12. The minimum absolute atomic E-state index is 0.0245. The maximum Gasteiger partial charge on any atom is 0.231 e. The van der Waals surface area contributed by atoms with Crippen molar-refractivity contribution >= 4 is 6.08 Å². The van der Waals surface area contributed by atoms with Crippen molar-refractivity contribution in [3.63, 3.8) is 0 Å². The van der Waals surface area contributed by atoms with Crippen molar-refractivity contribution in [2.45, 2.75) is 13.0 Å². The highest BCUT2D eigenvalue weighted by molar-refractivity contribution is 5.62. The molecule has 0 spiro atoms. The van der Waals surface area contributed by atoms with Gasteiger partial charge in [-0.25, -0.2) is 0 Å². The highest BCUT2D eigenvalue weighted by Gasteiger charge is 2.19. The van der Waals surface area contributed by atoms with Crippen molar-refractivity contribution in [1.29, 1.82) is 0 Å². The largest absolute Gasteiger partial charge is 0.493 e. The second-order valence-corrected chi connectivity index (χ2v) is 3.68. The van der Waals surface area contributed by atoms with Crippen LogP contribution in [0.4, 0.5) is 0 Å². The first-order chi connectivity index (χ1) is 7.70. The fourth-order valence-corrected chi connectivity index (χ4v) is 1.51. The smallest absolute Gasteiger partial charge is 0.231 e. The van der Waals surface area contributed by atoms with Gasteiger partial charge in [-0.1, -0.05) is 12.2 Å². The van der Waals surface area contributed by atoms with Gasteiger partial charge in [0.15, 0.2) is 11.5 Å². The van der Waals surface area contributed by atoms with E-state index in [0.717, 1.165) is 5.56 Å². The average Bonchev–Trinajstić information content (AvgIpc) is 2.73. The maximum atomic E-state index is 5.65. The van der Waals surface area contributed by atoms with E-state index in [-0.39, 0.29) is 12.8 Å². The second-order valence-electron chi connectivity index (χ2n) is 3.68. The number of ether oxygens (including phenoxy) is 3. The molecule has 0 saturated carbocycles. The van der Waals surface area contributed by atoms with Gasteiger partial charge < -0.3 is 19.9 Å². The zero-order valence-electron chi connectivity index (χ0n) is 9.40. The summed E-state index contributed by atoms with van der Waals surface area (Å²) in [5, 5.41) is 0. The molecule has 0 amide bonds. The molecule has 0 radical (unpaired) electrons. The maximum absolute atomic E-state index is 5.65. The number of benzene rings is 1. The summed E-state index contributed by atoms with van der Waals surface area (Å²) in [5.74, 6) is 2.06. The summed E-state index contributed by atoms with van der Waals surface area (Å²) in [7, 11) is 1.61. The highest BCUT2D eigenvalue weighted by atomic mass is 16.7. The van der Waals surface area contributed by atoms with Crippen LogP contribution in [0.3, 0.4) is 0 Å². The molecule has 16 heavy (non-hydrogen) atoms. The first kappa shape index (κ1) is 10.8. The fourth-order valence-electron chi connectivity index (χ4n) is 1.51. The lowest BCUT2D eigenvalue weighted by molar-refractivity contribution is 0.171. The number of hydrogen-bond acceptors (Lipinski definition) is 4. The van der Waals surface area contributed by atoms with Crippen LogP contribution in [-0.2, 0) is 0 Å². The standard InChI is InChI=1S/C12H15NO3/c1-8(13)3-4-9-5-10(14-2)12-11(6-9)15-7-16-12/h3-6,8H,7,13H2,1-2H3/b4-3+. The predicted octanol–water partition coefficient (Wildman–Crippen LogP) is 1.78. The van der Waals surface area contributed by atoms with Gasteiger partial charge in [-0.05, 0) is 24.6 Å². The van der Waals surface area contributed by atoms with E-state index < -0.39 is 0 Å². The molecule has 1 aromatic rings. The second kappa shape index (κ2) is 4.45. The Bertz CT molecular complexity index is 413. The molecule has 2 rings (SSSR count). The van der Waals surface area contributed by atoms with E-state index >= 15 is 0 Å². The van der Waals surface area contributed by atoms with E-state index in [1.54, 1.807) is 7.11 Å². The highest BCUT2D eigenvalue weighted by Crippen LogP contribution is 2.42. The third-order valence-electron chi connectivity index (χ3n) is 2.27. The van der Waals surface area contributed by atoms with Crippen molar-refractivity contribution in [3.05, 3.63) is 23.8 Å². The van der Waals surface area contributed by atoms with Crippen molar-refractivity contribution in [2.75, 3.05) is 13.9 Å². The van der Waals surface area contributed by atoms with Crippen LogP contribution in [0.2, 0.25) is 0 Å². The zero-order chi connectivity index (χ0) is 11.5. The molecule has 86 valence electrons. The molecule has 0 fully saturated rings. The normalized spacial score (nSPS) is 15.4. The Morgan fingerprint density at radius 1 is 1.44 bits per heavy atom. The molecule has 0 bridgehead atoms. The van der Waals surface area contributed by atoms with E-state index in [1.807, 2.05) is 31.2 Å². The van der Waals surface area contributed by atoms with Crippen molar-refractivity contribution in [2.24, 2.45) is 5.73 Å². The number of hydrogen-bond donors (Lipinski definition) is 1. The zero-order valence-corrected chi connectivity index (χ0v) is 9.40. The van der Waals surface area contributed by atoms with Gasteiger partial charge in [-0.2, -0.15) is 0 Å². The van der Waals surface area contributed by atoms with Crippen LogP contribution >= 0.6 is 0 Å². The van der Waals surface area contributed by atoms with Gasteiger partial charge >= 0.3 is 0 Å². The molecule has 0 saturated heterocycles. The molecule has 1 aliphatic rings. The van der Waals surface area contributed by atoms with Gasteiger partial charge in [0.05, 0.1) is 7.11 Å². The lowest BCUT2D eigenvalue weighted by Crippen LogP contribution is -2.09. The summed E-state index contributed by atoms with van der Waals surface area (Å²) < 4.78 is 15.9. The van der Waals surface area contributed by atoms with E-state index in [4.69, 9.17) is 19.9 Å². The van der Waals surface area contributed by atoms with Crippen molar-refractivity contribution in [3.8, 4) is 17.2 Å². The molecule has 1 unspecified atom stereocenters. The van der Waals surface area contributed by atoms with Crippen LogP contribution in [0, 0.1) is 0 Å². The van der Waals surface area contributed by atoms with E-state index in [0.29, 0.717) is 17.2 Å². The molecular weight excluding hydrogens is 206 g/mol. The topological polar surface area (TPSA) is 53.7 Å². The van der Waals surface area contributed by atoms with Gasteiger partial charge in [-0.15, -0.1) is 0 Å². The minimum Gasteiger partial charge on any atom is -0.493 e. The molecule has 4 heteroatoms. The first-order valence-electron chi connectivity index (χ1n) is 5.12. The van der Waals surface area contributed by atoms with Gasteiger partial charge in [0.2, 0.25) is 12.5 Å². The van der Waals surface area contributed by atoms with Gasteiger partial charge in [0, 0.05) is 6.04 Å². The third-order valence-corrected chi connectivity index (χ3v) is 2.27. The summed E-state index contributed by atoms with van der Waals surface area (Å²) >= 11 is 0. The summed E-state index contributed by atoms with van der Waals surface area (Å²) in [6, 6.07) is 3.83. The predicted molar refractivity (Wildman–Crippen MR) is 61.8 cm³/mol. The fraction of sp³-hybridized carbons (Fsp3) is 0.333. The van der Waals surface area contributed by atoms with Crippen LogP contribution < -0.4 is 19.9 Å². The molecule has 1 aliphatic heterocycles. The summed E-state index contributed by atoms with van der Waals surface area (Å²) in [5.41, 5.74) is 6.63. The van der Waals surface area contributed by atoms with Crippen LogP contribution in [0.25, 0.3) is 6.08 Å². The minimum atomic E-state index is 0.0245. The van der Waals surface area contributed by atoms with E-state index in [1.165, 1.54) is 0 Å². The van der Waals surface area contributed by atoms with E-state index in [9.17, 15) is 0 Å². The van der Waals surface area contributed by atoms with Crippen LogP contribution in [0.5, 0.6) is 17.2 Å². The van der Waals surface area contributed by atoms with Gasteiger partial charge in [-0.3, -0.25) is 0 Å². The van der Waals surface area contributed by atoms with Crippen LogP contribution in [0.15, 0.2) is 18.2 Å². The van der Waals surface area contributed by atoms with Crippen LogP contribution in [0.1, 0.15) is 12.5 Å². The average molecular weight is 221 g/mol. The number of methoxy groups -OCH3 is 1. The number of fused-ring (bicyclic) bond motifs is 1. The SMILES string of the molecule is COc1cc(/C=C/C(C)N)cc2c1OCO2. The lowest BCUT2D eigenvalue weighted by atomic mass is 10.1. The molecule has 1 heterocycles. The Kier molecular flexibility index (Phi) is 3.01. The summed E-state index contributed by atoms with van der Waals surface area (Å²) in [6.45, 7) is 2.16. The molecule has 2 N–H and O–H groups in total. The molecule has 0 aromatic heterocycles. The molecule has 4 nitrogen and oxygen atoms in total. The number of rotatable bonds is 3. The Hall–Kier alpha value is -1.68. The Labute approximate surface area is 94.6 Å². The summed E-state index contributed by atoms with van der Waals surface area (Å²) in [4.78, 5) is 0. The van der Waals surface area contributed by atoms with Crippen molar-refractivity contribution < 1.29 is 14.2 Å². The molecular formula is C12H15NO3. The monoisotopic (exact) mass is 221 g/mol. The molecule has 1 aromatic carbocycles. The first-order valence-corrected chi connectivity index (χ1v) is 5.12. The Morgan fingerprint density at radius 3 is 2.94 bits per heavy atom. The molecule has 1 atom stereocenters. The van der Waals surface area contributed by atoms with Gasteiger partial charge in [0.1, 0.15) is 0 Å². The van der Waals surface area contributed by atoms with Crippen molar-refractivity contribution in [1.82, 2.24) is 0 Å². The quantitative estimate of drug-likeness (QED) is 0.845. The van der Waals surface area contributed by atoms with E-state index in [2.05, 4.69) is 0 Å². The number of nitrogens with two attached hydrogens (primary N) is 1. The molecule has 0 aliphatic carbocycles. The summed E-state index contributed by atoms with van der Waals surface area (Å²) in [6.07, 6.45) is 3.85. The Morgan fingerprint density at radius 2 is 2.25 bits per heavy atom. The van der Waals surface area contributed by atoms with Crippen LogP contribution in [-0.4, -0.2) is 19.9 Å². The lowest BCUT2D eigenvalue weighted by Gasteiger charge is -2.06.